The van der Waals surface area contributed by atoms with Gasteiger partial charge in [0.25, 0.3) is 6.71 Å². The van der Waals surface area contributed by atoms with E-state index >= 15 is 0 Å². The Bertz CT molecular complexity index is 743. The summed E-state index contributed by atoms with van der Waals surface area (Å²) in [4.78, 5) is 2.00. The molecule has 0 saturated carbocycles. The Morgan fingerprint density at radius 3 is 2.54 bits per heavy atom. The van der Waals surface area contributed by atoms with E-state index in [-0.39, 0.29) is 12.5 Å². The van der Waals surface area contributed by atoms with E-state index < -0.39 is 0 Å². The average Bonchev–Trinajstić information content (AvgIpc) is 2.69. The number of benzene rings is 2. The number of hydrogen-bond acceptors (Lipinski definition) is 4. The van der Waals surface area contributed by atoms with Gasteiger partial charge in [0.1, 0.15) is 18.2 Å². The lowest BCUT2D eigenvalue weighted by molar-refractivity contribution is 0.0888. The molecule has 2 aromatic rings. The number of halogens is 1. The molecule has 0 amide bonds. The van der Waals surface area contributed by atoms with E-state index in [1.165, 1.54) is 6.07 Å². The second-order valence-corrected chi connectivity index (χ2v) is 6.39. The molecule has 4 nitrogen and oxygen atoms in total. The molecular weight excluding hydrogens is 330 g/mol. The Labute approximate surface area is 154 Å². The lowest BCUT2D eigenvalue weighted by atomic mass is 9.45. The van der Waals surface area contributed by atoms with Crippen LogP contribution in [0.3, 0.4) is 0 Å². The second kappa shape index (κ2) is 9.26. The maximum Gasteiger partial charge on any atom is 0.271 e. The Morgan fingerprint density at radius 2 is 1.85 bits per heavy atom. The second-order valence-electron chi connectivity index (χ2n) is 6.39. The third kappa shape index (κ3) is 4.99. The molecular formula is C20H22BFN2O2. The van der Waals surface area contributed by atoms with Crippen molar-refractivity contribution in [2.45, 2.75) is 19.2 Å². The van der Waals surface area contributed by atoms with Crippen LogP contribution in [0, 0.1) is 17.0 Å². The summed E-state index contributed by atoms with van der Waals surface area (Å²) in [5.74, 6) is 2.50. The molecule has 0 spiro atoms. The quantitative estimate of drug-likeness (QED) is 0.562. The average molecular weight is 352 g/mol. The topological polar surface area (TPSA) is 45.5 Å². The van der Waals surface area contributed by atoms with Gasteiger partial charge >= 0.3 is 0 Å². The van der Waals surface area contributed by atoms with E-state index in [9.17, 15) is 4.39 Å². The van der Waals surface area contributed by atoms with Crippen LogP contribution in [-0.4, -0.2) is 33.0 Å². The summed E-state index contributed by atoms with van der Waals surface area (Å²) in [5, 5.41) is 8.95. The van der Waals surface area contributed by atoms with Gasteiger partial charge in [-0.05, 0) is 30.3 Å². The lowest BCUT2D eigenvalue weighted by Gasteiger charge is -2.30. The van der Waals surface area contributed by atoms with Crippen LogP contribution < -0.4 is 9.64 Å². The first kappa shape index (κ1) is 18.3. The molecule has 26 heavy (non-hydrogen) atoms. The highest BCUT2D eigenvalue weighted by Crippen LogP contribution is 2.27. The molecule has 0 atom stereocenters. The fraction of sp³-hybridized carbons (Fsp3) is 0.350. The highest BCUT2D eigenvalue weighted by Gasteiger charge is 2.24. The minimum absolute atomic E-state index is 0.0906. The van der Waals surface area contributed by atoms with Gasteiger partial charge in [0.2, 0.25) is 0 Å². The first-order valence-corrected chi connectivity index (χ1v) is 8.95. The molecule has 1 fully saturated rings. The Balaban J connectivity index is 1.43. The van der Waals surface area contributed by atoms with Crippen LogP contribution in [0.15, 0.2) is 48.5 Å². The molecule has 134 valence electrons. The maximum absolute atomic E-state index is 14.4. The maximum atomic E-state index is 14.4. The molecule has 0 bridgehead atoms. The fourth-order valence-electron chi connectivity index (χ4n) is 3.07. The summed E-state index contributed by atoms with van der Waals surface area (Å²) in [6.45, 7) is 2.87. The lowest BCUT2D eigenvalue weighted by Crippen LogP contribution is -2.36. The number of hydrogen-bond donors (Lipinski definition) is 0. The van der Waals surface area contributed by atoms with Gasteiger partial charge in [-0.15, -0.1) is 0 Å². The van der Waals surface area contributed by atoms with Crippen molar-refractivity contribution in [3.63, 3.8) is 0 Å². The summed E-state index contributed by atoms with van der Waals surface area (Å²) < 4.78 is 25.5. The SMILES string of the molecule is N#CB1CCN(c2ccc(OCCOCc3ccccc3)cc2F)CC1. The number of rotatable bonds is 7. The van der Waals surface area contributed by atoms with Crippen LogP contribution in [0.2, 0.25) is 12.6 Å². The zero-order valence-corrected chi connectivity index (χ0v) is 14.7. The molecule has 3 rings (SSSR count). The Kier molecular flexibility index (Phi) is 6.51. The Hall–Kier alpha value is -2.52. The zero-order valence-electron chi connectivity index (χ0n) is 14.7. The molecule has 1 heterocycles. The minimum Gasteiger partial charge on any atom is -0.491 e. The zero-order chi connectivity index (χ0) is 18.2. The van der Waals surface area contributed by atoms with Gasteiger partial charge in [-0.2, -0.15) is 0 Å². The predicted octanol–water partition coefficient (Wildman–Crippen LogP) is 3.80. The van der Waals surface area contributed by atoms with Gasteiger partial charge in [-0.3, -0.25) is 0 Å². The van der Waals surface area contributed by atoms with E-state index in [0.717, 1.165) is 18.2 Å². The monoisotopic (exact) mass is 352 g/mol. The molecule has 6 heteroatoms. The van der Waals surface area contributed by atoms with E-state index in [1.807, 2.05) is 35.2 Å². The highest BCUT2D eigenvalue weighted by atomic mass is 19.1. The molecule has 0 aliphatic carbocycles. The van der Waals surface area contributed by atoms with Crippen LogP contribution in [-0.2, 0) is 11.3 Å². The van der Waals surface area contributed by atoms with Gasteiger partial charge in [0.05, 0.1) is 18.9 Å². The van der Waals surface area contributed by atoms with Crippen molar-refractivity contribution in [3.05, 3.63) is 59.9 Å². The van der Waals surface area contributed by atoms with Crippen LogP contribution in [0.5, 0.6) is 5.75 Å². The van der Waals surface area contributed by atoms with Crippen molar-refractivity contribution in [2.75, 3.05) is 31.2 Å². The number of anilines is 1. The molecule has 0 aromatic heterocycles. The van der Waals surface area contributed by atoms with Crippen molar-refractivity contribution in [1.29, 1.82) is 5.26 Å². The summed E-state index contributed by atoms with van der Waals surface area (Å²) in [6, 6.07) is 14.9. The van der Waals surface area contributed by atoms with E-state index in [0.29, 0.717) is 44.3 Å². The summed E-state index contributed by atoms with van der Waals surface area (Å²) >= 11 is 0. The van der Waals surface area contributed by atoms with Gasteiger partial charge in [-0.1, -0.05) is 30.3 Å². The summed E-state index contributed by atoms with van der Waals surface area (Å²) in [6.07, 6.45) is 1.57. The van der Waals surface area contributed by atoms with Crippen LogP contribution in [0.1, 0.15) is 5.56 Å². The first-order chi connectivity index (χ1) is 12.8. The fourth-order valence-corrected chi connectivity index (χ4v) is 3.07. The van der Waals surface area contributed by atoms with E-state index in [2.05, 4.69) is 5.97 Å². The number of nitrogens with zero attached hydrogens (tertiary/aromatic N) is 2. The highest BCUT2D eigenvalue weighted by molar-refractivity contribution is 6.67. The van der Waals surface area contributed by atoms with Gasteiger partial charge in [0, 0.05) is 25.1 Å². The van der Waals surface area contributed by atoms with Crippen LogP contribution >= 0.6 is 0 Å². The minimum atomic E-state index is -0.289. The van der Waals surface area contributed by atoms with E-state index in [1.54, 1.807) is 12.1 Å². The van der Waals surface area contributed by atoms with Crippen LogP contribution in [0.25, 0.3) is 0 Å². The smallest absolute Gasteiger partial charge is 0.271 e. The van der Waals surface area contributed by atoms with Crippen molar-refractivity contribution in [1.82, 2.24) is 0 Å². The molecule has 1 aliphatic rings. The Morgan fingerprint density at radius 1 is 1.08 bits per heavy atom. The molecule has 0 unspecified atom stereocenters. The predicted molar refractivity (Wildman–Crippen MR) is 101 cm³/mol. The molecule has 1 aliphatic heterocycles. The third-order valence-corrected chi connectivity index (χ3v) is 4.55. The molecule has 0 radical (unpaired) electrons. The van der Waals surface area contributed by atoms with Crippen molar-refractivity contribution in [2.24, 2.45) is 0 Å². The third-order valence-electron chi connectivity index (χ3n) is 4.55. The summed E-state index contributed by atoms with van der Waals surface area (Å²) in [7, 11) is 0. The molecule has 1 saturated heterocycles. The van der Waals surface area contributed by atoms with Crippen molar-refractivity contribution >= 4 is 12.4 Å². The standard InChI is InChI=1S/C20H22BFN2O2/c22-19-14-18(26-13-12-25-15-17-4-2-1-3-5-17)6-7-20(19)24-10-8-21(16-23)9-11-24/h1-7,14H,8-13,15H2. The first-order valence-electron chi connectivity index (χ1n) is 8.95. The van der Waals surface area contributed by atoms with Crippen LogP contribution in [0.4, 0.5) is 10.1 Å². The van der Waals surface area contributed by atoms with Gasteiger partial charge < -0.3 is 14.4 Å². The normalized spacial score (nSPS) is 14.2. The summed E-state index contributed by atoms with van der Waals surface area (Å²) in [5.41, 5.74) is 1.69. The molecule has 2 aromatic carbocycles. The van der Waals surface area contributed by atoms with Gasteiger partial charge in [-0.25, -0.2) is 9.65 Å². The molecule has 0 N–H and O–H groups in total. The van der Waals surface area contributed by atoms with E-state index in [4.69, 9.17) is 14.7 Å². The van der Waals surface area contributed by atoms with Crippen molar-refractivity contribution in [3.8, 4) is 11.7 Å². The van der Waals surface area contributed by atoms with Gasteiger partial charge in [0.15, 0.2) is 0 Å². The van der Waals surface area contributed by atoms with Crippen molar-refractivity contribution < 1.29 is 13.9 Å². The number of nitriles is 1. The largest absolute Gasteiger partial charge is 0.491 e. The number of ether oxygens (including phenoxy) is 2.